The Bertz CT molecular complexity index is 1110. The van der Waals surface area contributed by atoms with Gasteiger partial charge in [-0.1, -0.05) is 33.2 Å². The molecule has 0 saturated carbocycles. The summed E-state index contributed by atoms with van der Waals surface area (Å²) in [5, 5.41) is 8.25. The molecule has 0 saturated heterocycles. The van der Waals surface area contributed by atoms with Crippen molar-refractivity contribution in [2.24, 2.45) is 0 Å². The van der Waals surface area contributed by atoms with Gasteiger partial charge in [0.1, 0.15) is 17.8 Å². The molecule has 0 spiro atoms. The Morgan fingerprint density at radius 1 is 1.00 bits per heavy atom. The van der Waals surface area contributed by atoms with E-state index in [-0.39, 0.29) is 0 Å². The minimum atomic E-state index is 0.435. The fourth-order valence-corrected chi connectivity index (χ4v) is 3.11. The first-order chi connectivity index (χ1) is 13.7. The molecule has 2 aromatic carbocycles. The van der Waals surface area contributed by atoms with Gasteiger partial charge in [0.05, 0.1) is 26.3 Å². The molecule has 1 N–H and O–H groups in total. The molecule has 28 heavy (non-hydrogen) atoms. The van der Waals surface area contributed by atoms with E-state index < -0.39 is 0 Å². The van der Waals surface area contributed by atoms with Gasteiger partial charge in [-0.15, -0.1) is 0 Å². The van der Waals surface area contributed by atoms with E-state index >= 15 is 0 Å². The second-order valence-corrected chi connectivity index (χ2v) is 6.90. The summed E-state index contributed by atoms with van der Waals surface area (Å²) in [6, 6.07) is 13.5. The molecule has 142 valence electrons. The lowest BCUT2D eigenvalue weighted by atomic mass is 10.1. The third-order valence-corrected chi connectivity index (χ3v) is 4.80. The number of halogens is 1. The molecule has 4 aromatic rings. The number of hydrogen-bond donors (Lipinski definition) is 1. The van der Waals surface area contributed by atoms with Crippen molar-refractivity contribution in [1.29, 1.82) is 0 Å². The van der Waals surface area contributed by atoms with Crippen molar-refractivity contribution < 1.29 is 14.0 Å². The SMILES string of the molecule is COc1cc2ncnc(NCc3cc(-c4ccc(Br)cc4)no3)c2cc1OC. The van der Waals surface area contributed by atoms with Crippen LogP contribution < -0.4 is 14.8 Å². The zero-order valence-electron chi connectivity index (χ0n) is 15.3. The number of aromatic nitrogens is 3. The Labute approximate surface area is 169 Å². The largest absolute Gasteiger partial charge is 0.493 e. The predicted octanol–water partition coefficient (Wildman–Crippen LogP) is 4.68. The van der Waals surface area contributed by atoms with Crippen LogP contribution in [-0.4, -0.2) is 29.3 Å². The van der Waals surface area contributed by atoms with Gasteiger partial charge in [0, 0.05) is 27.6 Å². The lowest BCUT2D eigenvalue weighted by molar-refractivity contribution is 0.356. The minimum absolute atomic E-state index is 0.435. The summed E-state index contributed by atoms with van der Waals surface area (Å²) in [4.78, 5) is 8.65. The van der Waals surface area contributed by atoms with Crippen LogP contribution >= 0.6 is 15.9 Å². The van der Waals surface area contributed by atoms with E-state index in [0.717, 1.165) is 26.6 Å². The molecule has 0 aliphatic heterocycles. The lowest BCUT2D eigenvalue weighted by Gasteiger charge is -2.11. The highest BCUT2D eigenvalue weighted by molar-refractivity contribution is 9.10. The maximum Gasteiger partial charge on any atom is 0.162 e. The van der Waals surface area contributed by atoms with Gasteiger partial charge in [-0.25, -0.2) is 9.97 Å². The molecule has 0 radical (unpaired) electrons. The first kappa shape index (κ1) is 18.2. The molecule has 0 aliphatic carbocycles. The van der Waals surface area contributed by atoms with Crippen LogP contribution in [0, 0.1) is 0 Å². The van der Waals surface area contributed by atoms with Crippen molar-refractivity contribution in [1.82, 2.24) is 15.1 Å². The van der Waals surface area contributed by atoms with Crippen LogP contribution in [0.3, 0.4) is 0 Å². The van der Waals surface area contributed by atoms with Crippen LogP contribution in [0.4, 0.5) is 5.82 Å². The van der Waals surface area contributed by atoms with Crippen LogP contribution in [0.25, 0.3) is 22.2 Å². The van der Waals surface area contributed by atoms with E-state index in [4.69, 9.17) is 14.0 Å². The zero-order valence-corrected chi connectivity index (χ0v) is 16.9. The van der Waals surface area contributed by atoms with Crippen molar-refractivity contribution in [2.75, 3.05) is 19.5 Å². The molecule has 0 fully saturated rings. The van der Waals surface area contributed by atoms with Crippen molar-refractivity contribution in [3.63, 3.8) is 0 Å². The fraction of sp³-hybridized carbons (Fsp3) is 0.150. The average Bonchev–Trinajstić information content (AvgIpc) is 3.20. The van der Waals surface area contributed by atoms with Crippen LogP contribution in [0.5, 0.6) is 11.5 Å². The number of anilines is 1. The average molecular weight is 441 g/mol. The van der Waals surface area contributed by atoms with Gasteiger partial charge in [0.15, 0.2) is 17.3 Å². The summed E-state index contributed by atoms with van der Waals surface area (Å²) in [6.07, 6.45) is 1.50. The van der Waals surface area contributed by atoms with E-state index in [1.807, 2.05) is 42.5 Å². The number of ether oxygens (including phenoxy) is 2. The molecule has 7 nitrogen and oxygen atoms in total. The van der Waals surface area contributed by atoms with E-state index in [9.17, 15) is 0 Å². The van der Waals surface area contributed by atoms with Crippen molar-refractivity contribution in [3.05, 3.63) is 59.0 Å². The summed E-state index contributed by atoms with van der Waals surface area (Å²) >= 11 is 3.43. The van der Waals surface area contributed by atoms with Gasteiger partial charge < -0.3 is 19.3 Å². The molecule has 2 heterocycles. The first-order valence-corrected chi connectivity index (χ1v) is 9.29. The van der Waals surface area contributed by atoms with Crippen molar-refractivity contribution in [2.45, 2.75) is 6.54 Å². The zero-order chi connectivity index (χ0) is 19.5. The molecule has 0 unspecified atom stereocenters. The molecule has 0 amide bonds. The van der Waals surface area contributed by atoms with Crippen molar-refractivity contribution >= 4 is 32.7 Å². The molecule has 0 bridgehead atoms. The van der Waals surface area contributed by atoms with Gasteiger partial charge in [-0.05, 0) is 18.2 Å². The highest BCUT2D eigenvalue weighted by Crippen LogP contribution is 2.33. The number of rotatable bonds is 6. The topological polar surface area (TPSA) is 82.3 Å². The second-order valence-electron chi connectivity index (χ2n) is 5.99. The van der Waals surface area contributed by atoms with E-state index in [1.165, 1.54) is 6.33 Å². The van der Waals surface area contributed by atoms with E-state index in [1.54, 1.807) is 14.2 Å². The quantitative estimate of drug-likeness (QED) is 0.465. The van der Waals surface area contributed by atoms with Gasteiger partial charge in [-0.2, -0.15) is 0 Å². The Hall–Kier alpha value is -3.13. The smallest absolute Gasteiger partial charge is 0.162 e. The monoisotopic (exact) mass is 440 g/mol. The summed E-state index contributed by atoms with van der Waals surface area (Å²) in [5.41, 5.74) is 2.52. The molecular formula is C20H17BrN4O3. The Morgan fingerprint density at radius 3 is 2.50 bits per heavy atom. The molecule has 4 rings (SSSR count). The van der Waals surface area contributed by atoms with Crippen LogP contribution in [0.1, 0.15) is 5.76 Å². The molecule has 0 atom stereocenters. The third-order valence-electron chi connectivity index (χ3n) is 4.27. The number of benzene rings is 2. The lowest BCUT2D eigenvalue weighted by Crippen LogP contribution is -2.02. The normalized spacial score (nSPS) is 10.8. The standard InChI is InChI=1S/C20H17BrN4O3/c1-26-18-8-15-17(9-19(18)27-2)23-11-24-20(15)22-10-14-7-16(25-28-14)12-3-5-13(21)6-4-12/h3-9,11H,10H2,1-2H3,(H,22,23,24). The second kappa shape index (κ2) is 7.85. The maximum absolute atomic E-state index is 5.45. The third kappa shape index (κ3) is 3.63. The minimum Gasteiger partial charge on any atom is -0.493 e. The summed E-state index contributed by atoms with van der Waals surface area (Å²) < 4.78 is 17.2. The molecule has 8 heteroatoms. The van der Waals surface area contributed by atoms with Gasteiger partial charge in [0.25, 0.3) is 0 Å². The van der Waals surface area contributed by atoms with Crippen LogP contribution in [-0.2, 0) is 6.54 Å². The number of methoxy groups -OCH3 is 2. The Morgan fingerprint density at radius 2 is 1.75 bits per heavy atom. The molecule has 2 aromatic heterocycles. The highest BCUT2D eigenvalue weighted by Gasteiger charge is 2.12. The van der Waals surface area contributed by atoms with E-state index in [2.05, 4.69) is 36.4 Å². The van der Waals surface area contributed by atoms with Crippen molar-refractivity contribution in [3.8, 4) is 22.8 Å². The highest BCUT2D eigenvalue weighted by atomic mass is 79.9. The number of fused-ring (bicyclic) bond motifs is 1. The summed E-state index contributed by atoms with van der Waals surface area (Å²) in [6.45, 7) is 0.435. The fourth-order valence-electron chi connectivity index (χ4n) is 2.85. The van der Waals surface area contributed by atoms with Gasteiger partial charge in [0.2, 0.25) is 0 Å². The van der Waals surface area contributed by atoms with E-state index in [0.29, 0.717) is 29.6 Å². The number of nitrogens with one attached hydrogen (secondary N) is 1. The van der Waals surface area contributed by atoms with Crippen LogP contribution in [0.15, 0.2) is 57.8 Å². The number of hydrogen-bond acceptors (Lipinski definition) is 7. The summed E-state index contributed by atoms with van der Waals surface area (Å²) in [5.74, 6) is 2.61. The van der Waals surface area contributed by atoms with Crippen LogP contribution in [0.2, 0.25) is 0 Å². The predicted molar refractivity (Wildman–Crippen MR) is 110 cm³/mol. The number of nitrogens with zero attached hydrogens (tertiary/aromatic N) is 3. The summed E-state index contributed by atoms with van der Waals surface area (Å²) in [7, 11) is 3.19. The van der Waals surface area contributed by atoms with Gasteiger partial charge >= 0.3 is 0 Å². The van der Waals surface area contributed by atoms with Gasteiger partial charge in [-0.3, -0.25) is 0 Å². The Balaban J connectivity index is 1.57. The first-order valence-electron chi connectivity index (χ1n) is 8.50. The maximum atomic E-state index is 5.45. The molecule has 0 aliphatic rings. The molecular weight excluding hydrogens is 424 g/mol. The Kier molecular flexibility index (Phi) is 5.12.